The predicted molar refractivity (Wildman–Crippen MR) is 63.3 cm³/mol. The summed E-state index contributed by atoms with van der Waals surface area (Å²) in [6.45, 7) is 0. The van der Waals surface area contributed by atoms with Crippen molar-refractivity contribution in [2.75, 3.05) is 11.5 Å². The average Bonchev–Trinajstić information content (AvgIpc) is 2.11. The van der Waals surface area contributed by atoms with Crippen LogP contribution in [0.15, 0.2) is 0 Å². The number of carboxylic acids is 2. The molecule has 0 bridgehead atoms. The summed E-state index contributed by atoms with van der Waals surface area (Å²) in [6.07, 6.45) is 0. The molecule has 0 amide bonds. The van der Waals surface area contributed by atoms with Crippen molar-refractivity contribution in [2.24, 2.45) is 11.5 Å². The van der Waals surface area contributed by atoms with E-state index in [4.69, 9.17) is 21.7 Å². The topological polar surface area (TPSA) is 127 Å². The van der Waals surface area contributed by atoms with Crippen LogP contribution in [0.3, 0.4) is 0 Å². The molecule has 0 unspecified atom stereocenters. The fourth-order valence-corrected chi connectivity index (χ4v) is 2.61. The van der Waals surface area contributed by atoms with Gasteiger partial charge in [0.15, 0.2) is 0 Å². The second kappa shape index (κ2) is 10.4. The molecular weight excluding hydrogens is 267 g/mol. The first-order valence-electron chi connectivity index (χ1n) is 3.66. The van der Waals surface area contributed by atoms with Gasteiger partial charge in [0.05, 0.1) is 0 Å². The number of carboxylic acid groups (broad SMARTS) is 2. The van der Waals surface area contributed by atoms with Crippen LogP contribution in [0.5, 0.6) is 0 Å². The predicted octanol–water partition coefficient (Wildman–Crippen LogP) is -1.46. The van der Waals surface area contributed by atoms with E-state index in [0.717, 1.165) is 0 Å². The van der Waals surface area contributed by atoms with Crippen molar-refractivity contribution in [3.8, 4) is 0 Å². The molecule has 0 aromatic rings. The molecule has 0 heterocycles. The van der Waals surface area contributed by atoms with Crippen LogP contribution in [0.1, 0.15) is 0 Å². The van der Waals surface area contributed by atoms with Crippen molar-refractivity contribution in [3.05, 3.63) is 0 Å². The molecular formula is C6H13KN2O4S2. The van der Waals surface area contributed by atoms with E-state index in [-0.39, 0.29) is 62.9 Å². The van der Waals surface area contributed by atoms with Gasteiger partial charge in [-0.05, 0) is 0 Å². The van der Waals surface area contributed by atoms with Crippen LogP contribution in [-0.2, 0) is 9.59 Å². The molecule has 15 heavy (non-hydrogen) atoms. The van der Waals surface area contributed by atoms with E-state index in [1.165, 1.54) is 21.6 Å². The fraction of sp³-hybridized carbons (Fsp3) is 0.667. The van der Waals surface area contributed by atoms with E-state index < -0.39 is 24.0 Å². The van der Waals surface area contributed by atoms with Crippen molar-refractivity contribution >= 4 is 84.9 Å². The Kier molecular flexibility index (Phi) is 12.8. The van der Waals surface area contributed by atoms with Gasteiger partial charge in [-0.15, -0.1) is 0 Å². The first kappa shape index (κ1) is 18.6. The Labute approximate surface area is 138 Å². The first-order chi connectivity index (χ1) is 6.45. The Balaban J connectivity index is 0. The number of aliphatic carboxylic acids is 2. The zero-order valence-electron chi connectivity index (χ0n) is 7.25. The van der Waals surface area contributed by atoms with Gasteiger partial charge in [-0.3, -0.25) is 9.59 Å². The van der Waals surface area contributed by atoms with Gasteiger partial charge in [-0.2, -0.15) is 0 Å². The third-order valence-corrected chi connectivity index (χ3v) is 3.69. The van der Waals surface area contributed by atoms with Gasteiger partial charge < -0.3 is 21.7 Å². The second-order valence-corrected chi connectivity index (χ2v) is 5.01. The summed E-state index contributed by atoms with van der Waals surface area (Å²) in [5.74, 6) is -1.68. The molecule has 84 valence electrons. The van der Waals surface area contributed by atoms with Crippen molar-refractivity contribution in [1.29, 1.82) is 0 Å². The number of rotatable bonds is 7. The van der Waals surface area contributed by atoms with E-state index in [1.807, 2.05) is 0 Å². The van der Waals surface area contributed by atoms with E-state index >= 15 is 0 Å². The minimum absolute atomic E-state index is 0. The standard InChI is InChI=1S/C6H12N2O4S2.K.H/c7-3(5(9)10)1-13-14-2-4(8)6(11)12;;/h3-4H,1-2,7-8H2,(H,9,10)(H,11,12);;/t3-,4-;;/m0../s1. The third-order valence-electron chi connectivity index (χ3n) is 1.21. The van der Waals surface area contributed by atoms with Gasteiger partial charge in [-0.25, -0.2) is 0 Å². The minimum atomic E-state index is -1.07. The molecule has 9 heteroatoms. The van der Waals surface area contributed by atoms with E-state index in [2.05, 4.69) is 0 Å². The molecule has 6 N–H and O–H groups in total. The molecule has 0 saturated carbocycles. The van der Waals surface area contributed by atoms with Crippen LogP contribution in [0.25, 0.3) is 0 Å². The molecule has 0 rings (SSSR count). The average molecular weight is 280 g/mol. The van der Waals surface area contributed by atoms with E-state index in [1.54, 1.807) is 0 Å². The number of hydrogen-bond acceptors (Lipinski definition) is 6. The zero-order valence-corrected chi connectivity index (χ0v) is 8.88. The zero-order chi connectivity index (χ0) is 11.1. The van der Waals surface area contributed by atoms with Gasteiger partial charge in [0.25, 0.3) is 0 Å². The molecule has 2 atom stereocenters. The van der Waals surface area contributed by atoms with Crippen molar-refractivity contribution in [1.82, 2.24) is 0 Å². The summed E-state index contributed by atoms with van der Waals surface area (Å²) in [4.78, 5) is 20.5. The molecule has 0 spiro atoms. The Morgan fingerprint density at radius 3 is 1.47 bits per heavy atom. The molecule has 0 radical (unpaired) electrons. The maximum absolute atomic E-state index is 10.3. The van der Waals surface area contributed by atoms with Crippen LogP contribution in [0.2, 0.25) is 0 Å². The number of nitrogens with two attached hydrogens (primary N) is 2. The molecule has 0 fully saturated rings. The Morgan fingerprint density at radius 2 is 1.27 bits per heavy atom. The van der Waals surface area contributed by atoms with Gasteiger partial charge in [0.1, 0.15) is 12.1 Å². The SMILES string of the molecule is N[C@@H](CSSC[C@H](N)C(=O)O)C(=O)O.[KH]. The van der Waals surface area contributed by atoms with Crippen LogP contribution >= 0.6 is 21.6 Å². The first-order valence-corrected chi connectivity index (χ1v) is 6.15. The summed E-state index contributed by atoms with van der Waals surface area (Å²) in [6, 6.07) is -1.85. The normalized spacial score (nSPS) is 13.7. The Hall–Kier alpha value is 1.20. The summed E-state index contributed by atoms with van der Waals surface area (Å²) >= 11 is 0. The van der Waals surface area contributed by atoms with Gasteiger partial charge in [0, 0.05) is 11.5 Å². The van der Waals surface area contributed by atoms with Crippen LogP contribution in [-0.4, -0.2) is 97.1 Å². The second-order valence-electron chi connectivity index (χ2n) is 2.46. The summed E-state index contributed by atoms with van der Waals surface area (Å²) in [5, 5.41) is 16.8. The number of carbonyl (C=O) groups is 2. The van der Waals surface area contributed by atoms with Gasteiger partial charge in [-0.1, -0.05) is 21.6 Å². The van der Waals surface area contributed by atoms with Crippen molar-refractivity contribution in [3.63, 3.8) is 0 Å². The molecule has 6 nitrogen and oxygen atoms in total. The summed E-state index contributed by atoms with van der Waals surface area (Å²) in [7, 11) is 2.41. The van der Waals surface area contributed by atoms with Crippen LogP contribution < -0.4 is 11.5 Å². The van der Waals surface area contributed by atoms with Crippen molar-refractivity contribution in [2.45, 2.75) is 12.1 Å². The van der Waals surface area contributed by atoms with Crippen molar-refractivity contribution < 1.29 is 19.8 Å². The Bertz CT molecular complexity index is 197. The molecule has 0 aliphatic carbocycles. The Morgan fingerprint density at radius 1 is 1.00 bits per heavy atom. The molecule has 0 aliphatic rings. The maximum atomic E-state index is 10.3. The molecule has 0 aromatic carbocycles. The fourth-order valence-electron chi connectivity index (χ4n) is 0.385. The molecule has 0 aliphatic heterocycles. The summed E-state index contributed by atoms with van der Waals surface area (Å²) in [5.41, 5.74) is 10.4. The number of hydrogen-bond donors (Lipinski definition) is 4. The molecule has 0 saturated heterocycles. The van der Waals surface area contributed by atoms with Gasteiger partial charge in [0.2, 0.25) is 0 Å². The monoisotopic (exact) mass is 280 g/mol. The van der Waals surface area contributed by atoms with Crippen LogP contribution in [0.4, 0.5) is 0 Å². The van der Waals surface area contributed by atoms with E-state index in [0.29, 0.717) is 0 Å². The quantitative estimate of drug-likeness (QED) is 0.253. The summed E-state index contributed by atoms with van der Waals surface area (Å²) < 4.78 is 0. The van der Waals surface area contributed by atoms with E-state index in [9.17, 15) is 9.59 Å². The van der Waals surface area contributed by atoms with Gasteiger partial charge >= 0.3 is 63.3 Å². The van der Waals surface area contributed by atoms with Crippen LogP contribution in [0, 0.1) is 0 Å². The third kappa shape index (κ3) is 10.1. The molecule has 0 aromatic heterocycles.